The number of hydrogen-bond donors (Lipinski definition) is 2. The molecule has 0 saturated heterocycles. The number of benzene rings is 1. The van der Waals surface area contributed by atoms with Gasteiger partial charge in [0.15, 0.2) is 5.25 Å². The van der Waals surface area contributed by atoms with E-state index in [0.717, 1.165) is 5.56 Å². The SMILES string of the molecule is CCC(C#N)S(=O)(=O)Nc1cccc(CN)c1. The Labute approximate surface area is 101 Å². The maximum atomic E-state index is 11.8. The van der Waals surface area contributed by atoms with Crippen LogP contribution in [0.3, 0.4) is 0 Å². The molecule has 0 aliphatic heterocycles. The van der Waals surface area contributed by atoms with Crippen molar-refractivity contribution in [3.63, 3.8) is 0 Å². The highest BCUT2D eigenvalue weighted by Gasteiger charge is 2.23. The van der Waals surface area contributed by atoms with Gasteiger partial charge in [-0.25, -0.2) is 8.42 Å². The van der Waals surface area contributed by atoms with Gasteiger partial charge in [-0.05, 0) is 24.1 Å². The van der Waals surface area contributed by atoms with Crippen molar-refractivity contribution in [2.24, 2.45) is 5.73 Å². The fourth-order valence-electron chi connectivity index (χ4n) is 1.38. The number of nitriles is 1. The van der Waals surface area contributed by atoms with Gasteiger partial charge in [-0.15, -0.1) is 0 Å². The van der Waals surface area contributed by atoms with Crippen LogP contribution in [0.2, 0.25) is 0 Å². The van der Waals surface area contributed by atoms with Gasteiger partial charge in [0.2, 0.25) is 10.0 Å². The molecule has 0 amide bonds. The molecular formula is C11H15N3O2S. The highest BCUT2D eigenvalue weighted by Crippen LogP contribution is 2.15. The standard InChI is InChI=1S/C11H15N3O2S/c1-2-11(8-13)17(15,16)14-10-5-3-4-9(6-10)7-12/h3-6,11,14H,2,7,12H2,1H3. The van der Waals surface area contributed by atoms with E-state index >= 15 is 0 Å². The van der Waals surface area contributed by atoms with Crippen LogP contribution in [-0.4, -0.2) is 13.7 Å². The molecule has 0 fully saturated rings. The van der Waals surface area contributed by atoms with Gasteiger partial charge in [-0.2, -0.15) is 5.26 Å². The van der Waals surface area contributed by atoms with Crippen LogP contribution in [0.5, 0.6) is 0 Å². The number of anilines is 1. The smallest absolute Gasteiger partial charge is 0.249 e. The molecule has 1 rings (SSSR count). The normalized spacial score (nSPS) is 12.8. The molecule has 5 nitrogen and oxygen atoms in total. The van der Waals surface area contributed by atoms with E-state index in [1.165, 1.54) is 0 Å². The van der Waals surface area contributed by atoms with Crippen LogP contribution in [-0.2, 0) is 16.6 Å². The first-order valence-electron chi connectivity index (χ1n) is 5.23. The van der Waals surface area contributed by atoms with Crippen LogP contribution >= 0.6 is 0 Å². The molecule has 0 aliphatic rings. The first kappa shape index (κ1) is 13.5. The van der Waals surface area contributed by atoms with Crippen molar-refractivity contribution in [1.29, 1.82) is 5.26 Å². The van der Waals surface area contributed by atoms with Gasteiger partial charge in [0.25, 0.3) is 0 Å². The Morgan fingerprint density at radius 1 is 1.53 bits per heavy atom. The summed E-state index contributed by atoms with van der Waals surface area (Å²) in [5.41, 5.74) is 6.73. The first-order valence-corrected chi connectivity index (χ1v) is 6.78. The summed E-state index contributed by atoms with van der Waals surface area (Å²) >= 11 is 0. The molecule has 1 atom stereocenters. The molecule has 0 aromatic heterocycles. The molecule has 0 saturated carbocycles. The maximum absolute atomic E-state index is 11.8. The summed E-state index contributed by atoms with van der Waals surface area (Å²) in [6.45, 7) is 1.99. The summed E-state index contributed by atoms with van der Waals surface area (Å²) < 4.78 is 26.0. The third-order valence-electron chi connectivity index (χ3n) is 2.31. The third-order valence-corrected chi connectivity index (χ3v) is 4.02. The van der Waals surface area contributed by atoms with Gasteiger partial charge >= 0.3 is 0 Å². The number of rotatable bonds is 5. The van der Waals surface area contributed by atoms with Crippen molar-refractivity contribution in [3.8, 4) is 6.07 Å². The van der Waals surface area contributed by atoms with Crippen LogP contribution in [0.25, 0.3) is 0 Å². The topological polar surface area (TPSA) is 96.0 Å². The molecule has 17 heavy (non-hydrogen) atoms. The van der Waals surface area contributed by atoms with Crippen LogP contribution in [0, 0.1) is 11.3 Å². The average molecular weight is 253 g/mol. The number of nitrogens with one attached hydrogen (secondary N) is 1. The molecule has 0 heterocycles. The summed E-state index contributed by atoms with van der Waals surface area (Å²) in [6, 6.07) is 8.57. The Balaban J connectivity index is 2.94. The van der Waals surface area contributed by atoms with E-state index in [4.69, 9.17) is 11.0 Å². The minimum Gasteiger partial charge on any atom is -0.326 e. The van der Waals surface area contributed by atoms with E-state index in [1.807, 2.05) is 0 Å². The minimum absolute atomic E-state index is 0.252. The fourth-order valence-corrected chi connectivity index (χ4v) is 2.55. The Kier molecular flexibility index (Phi) is 4.49. The molecular weight excluding hydrogens is 238 g/mol. The zero-order valence-corrected chi connectivity index (χ0v) is 10.4. The second kappa shape index (κ2) is 5.66. The molecule has 1 aromatic rings. The summed E-state index contributed by atoms with van der Waals surface area (Å²) in [4.78, 5) is 0. The summed E-state index contributed by atoms with van der Waals surface area (Å²) in [7, 11) is -3.65. The van der Waals surface area contributed by atoms with Crippen molar-refractivity contribution >= 4 is 15.7 Å². The zero-order valence-electron chi connectivity index (χ0n) is 9.55. The van der Waals surface area contributed by atoms with E-state index in [9.17, 15) is 8.42 Å². The van der Waals surface area contributed by atoms with Crippen LogP contribution in [0.15, 0.2) is 24.3 Å². The maximum Gasteiger partial charge on any atom is 0.249 e. The average Bonchev–Trinajstić information content (AvgIpc) is 2.29. The van der Waals surface area contributed by atoms with Crippen molar-refractivity contribution in [2.45, 2.75) is 25.1 Å². The van der Waals surface area contributed by atoms with Crippen molar-refractivity contribution in [1.82, 2.24) is 0 Å². The van der Waals surface area contributed by atoms with E-state index < -0.39 is 15.3 Å². The number of nitrogens with zero attached hydrogens (tertiary/aromatic N) is 1. The van der Waals surface area contributed by atoms with E-state index in [0.29, 0.717) is 12.2 Å². The van der Waals surface area contributed by atoms with Gasteiger partial charge in [0, 0.05) is 12.2 Å². The van der Waals surface area contributed by atoms with E-state index in [1.54, 1.807) is 37.3 Å². The Hall–Kier alpha value is -1.58. The first-order chi connectivity index (χ1) is 8.03. The molecule has 3 N–H and O–H groups in total. The molecule has 92 valence electrons. The van der Waals surface area contributed by atoms with Gasteiger partial charge in [-0.1, -0.05) is 19.1 Å². The lowest BCUT2D eigenvalue weighted by Gasteiger charge is -2.11. The quantitative estimate of drug-likeness (QED) is 0.823. The lowest BCUT2D eigenvalue weighted by Crippen LogP contribution is -2.26. The summed E-state index contributed by atoms with van der Waals surface area (Å²) in [5.74, 6) is 0. The molecule has 0 bridgehead atoms. The van der Waals surface area contributed by atoms with E-state index in [-0.39, 0.29) is 6.42 Å². The second-order valence-corrected chi connectivity index (χ2v) is 5.44. The highest BCUT2D eigenvalue weighted by molar-refractivity contribution is 7.93. The second-order valence-electron chi connectivity index (χ2n) is 3.58. The van der Waals surface area contributed by atoms with E-state index in [2.05, 4.69) is 4.72 Å². The third kappa shape index (κ3) is 3.44. The van der Waals surface area contributed by atoms with Crippen molar-refractivity contribution in [3.05, 3.63) is 29.8 Å². The Bertz CT molecular complexity index is 520. The summed E-state index contributed by atoms with van der Waals surface area (Å²) in [5, 5.41) is 7.71. The number of sulfonamides is 1. The predicted molar refractivity (Wildman–Crippen MR) is 66.6 cm³/mol. The van der Waals surface area contributed by atoms with Crippen LogP contribution in [0.1, 0.15) is 18.9 Å². The van der Waals surface area contributed by atoms with Gasteiger partial charge in [0.1, 0.15) is 0 Å². The molecule has 0 aliphatic carbocycles. The van der Waals surface area contributed by atoms with Crippen molar-refractivity contribution < 1.29 is 8.42 Å². The van der Waals surface area contributed by atoms with Gasteiger partial charge in [0.05, 0.1) is 6.07 Å². The molecule has 1 aromatic carbocycles. The number of hydrogen-bond acceptors (Lipinski definition) is 4. The van der Waals surface area contributed by atoms with Gasteiger partial charge in [-0.3, -0.25) is 4.72 Å². The largest absolute Gasteiger partial charge is 0.326 e. The van der Waals surface area contributed by atoms with Crippen LogP contribution in [0.4, 0.5) is 5.69 Å². The molecule has 0 radical (unpaired) electrons. The Morgan fingerprint density at radius 2 is 2.24 bits per heavy atom. The monoisotopic (exact) mass is 253 g/mol. The minimum atomic E-state index is -3.65. The molecule has 1 unspecified atom stereocenters. The highest BCUT2D eigenvalue weighted by atomic mass is 32.2. The lowest BCUT2D eigenvalue weighted by molar-refractivity contribution is 0.593. The molecule has 0 spiro atoms. The molecule has 6 heteroatoms. The lowest BCUT2D eigenvalue weighted by atomic mass is 10.2. The summed E-state index contributed by atoms with van der Waals surface area (Å²) in [6.07, 6.45) is 0.252. The predicted octanol–water partition coefficient (Wildman–Crippen LogP) is 1.19. The van der Waals surface area contributed by atoms with Crippen LogP contribution < -0.4 is 10.5 Å². The Morgan fingerprint density at radius 3 is 2.76 bits per heavy atom. The number of nitrogens with two attached hydrogens (primary N) is 1. The fraction of sp³-hybridized carbons (Fsp3) is 0.364. The zero-order chi connectivity index (χ0) is 12.9. The van der Waals surface area contributed by atoms with Crippen molar-refractivity contribution in [2.75, 3.05) is 4.72 Å². The van der Waals surface area contributed by atoms with Gasteiger partial charge < -0.3 is 5.73 Å².